The van der Waals surface area contributed by atoms with Crippen LogP contribution in [0.2, 0.25) is 0 Å². The molecule has 0 bridgehead atoms. The summed E-state index contributed by atoms with van der Waals surface area (Å²) < 4.78 is 0. The van der Waals surface area contributed by atoms with E-state index in [0.717, 1.165) is 19.6 Å². The number of nitrogens with zero attached hydrogens (tertiary/aromatic N) is 3. The van der Waals surface area contributed by atoms with Gasteiger partial charge in [-0.05, 0) is 63.7 Å². The van der Waals surface area contributed by atoms with Crippen LogP contribution in [0.3, 0.4) is 0 Å². The van der Waals surface area contributed by atoms with Crippen LogP contribution in [0.4, 0.5) is 11.4 Å². The van der Waals surface area contributed by atoms with Gasteiger partial charge in [0.2, 0.25) is 0 Å². The number of nitrogens with one attached hydrogen (secondary N) is 1. The normalized spacial score (nSPS) is 16.0. The van der Waals surface area contributed by atoms with E-state index in [1.54, 1.807) is 0 Å². The predicted molar refractivity (Wildman–Crippen MR) is 102 cm³/mol. The zero-order valence-electron chi connectivity index (χ0n) is 14.7. The summed E-state index contributed by atoms with van der Waals surface area (Å²) in [6.07, 6.45) is 2.48. The lowest BCUT2D eigenvalue weighted by Crippen LogP contribution is -2.59. The van der Waals surface area contributed by atoms with E-state index in [0.29, 0.717) is 5.92 Å². The monoisotopic (exact) mass is 324 g/mol. The van der Waals surface area contributed by atoms with E-state index in [2.05, 4.69) is 95.2 Å². The first-order chi connectivity index (χ1) is 11.7. The number of benzene rings is 2. The summed E-state index contributed by atoms with van der Waals surface area (Å²) in [5.41, 5.74) is 6.01. The largest absolute Gasteiger partial charge is 0.309 e. The molecule has 2 aromatic rings. The number of hydrogen-bond acceptors (Lipinski definition) is 4. The molecule has 128 valence electrons. The average Bonchev–Trinajstić information content (AvgIpc) is 2.63. The molecule has 0 aliphatic carbocycles. The van der Waals surface area contributed by atoms with Gasteiger partial charge in [-0.2, -0.15) is 0 Å². The summed E-state index contributed by atoms with van der Waals surface area (Å²) in [5.74, 6) is 0.645. The van der Waals surface area contributed by atoms with Crippen molar-refractivity contribution < 1.29 is 0 Å². The number of hydrazine groups is 2. The van der Waals surface area contributed by atoms with E-state index in [-0.39, 0.29) is 0 Å². The fourth-order valence-electron chi connectivity index (χ4n) is 3.22. The highest BCUT2D eigenvalue weighted by molar-refractivity contribution is 5.50. The third-order valence-electron chi connectivity index (χ3n) is 4.48. The van der Waals surface area contributed by atoms with Crippen molar-refractivity contribution in [1.29, 1.82) is 0 Å². The maximum atomic E-state index is 3.57. The van der Waals surface area contributed by atoms with Gasteiger partial charge in [-0.3, -0.25) is 10.0 Å². The second-order valence-electron chi connectivity index (χ2n) is 6.80. The minimum absolute atomic E-state index is 0.645. The van der Waals surface area contributed by atoms with Crippen molar-refractivity contribution in [2.24, 2.45) is 5.92 Å². The van der Waals surface area contributed by atoms with E-state index in [1.165, 1.54) is 24.2 Å². The van der Waals surface area contributed by atoms with E-state index >= 15 is 0 Å². The molecule has 0 aromatic heterocycles. The van der Waals surface area contributed by atoms with Crippen LogP contribution in [0.25, 0.3) is 0 Å². The molecule has 0 atom stereocenters. The second kappa shape index (κ2) is 8.18. The molecule has 0 amide bonds. The summed E-state index contributed by atoms with van der Waals surface area (Å²) in [6, 6.07) is 21.2. The maximum Gasteiger partial charge on any atom is 0.0537 e. The Morgan fingerprint density at radius 1 is 0.875 bits per heavy atom. The van der Waals surface area contributed by atoms with Gasteiger partial charge in [0.15, 0.2) is 0 Å². The molecule has 4 nitrogen and oxygen atoms in total. The van der Waals surface area contributed by atoms with Crippen LogP contribution in [0, 0.1) is 5.92 Å². The summed E-state index contributed by atoms with van der Waals surface area (Å²) in [5, 5.41) is 4.55. The Labute approximate surface area is 145 Å². The number of hydrogen-bond donors (Lipinski definition) is 1. The van der Waals surface area contributed by atoms with Crippen LogP contribution in [-0.2, 0) is 0 Å². The van der Waals surface area contributed by atoms with Crippen LogP contribution in [0.1, 0.15) is 12.8 Å². The molecule has 3 rings (SSSR count). The molecule has 1 saturated heterocycles. The van der Waals surface area contributed by atoms with Crippen molar-refractivity contribution in [2.75, 3.05) is 43.7 Å². The van der Waals surface area contributed by atoms with Crippen LogP contribution < -0.4 is 15.6 Å². The van der Waals surface area contributed by atoms with E-state index in [4.69, 9.17) is 0 Å². The van der Waals surface area contributed by atoms with Crippen molar-refractivity contribution in [3.8, 4) is 0 Å². The topological polar surface area (TPSA) is 21.8 Å². The van der Waals surface area contributed by atoms with Crippen molar-refractivity contribution in [3.63, 3.8) is 0 Å². The predicted octanol–water partition coefficient (Wildman–Crippen LogP) is 3.39. The van der Waals surface area contributed by atoms with Crippen molar-refractivity contribution in [1.82, 2.24) is 10.4 Å². The fraction of sp³-hybridized carbons (Fsp3) is 0.400. The van der Waals surface area contributed by atoms with Crippen molar-refractivity contribution in [2.45, 2.75) is 12.8 Å². The molecule has 0 radical (unpaired) electrons. The quantitative estimate of drug-likeness (QED) is 0.879. The smallest absolute Gasteiger partial charge is 0.0537 e. The van der Waals surface area contributed by atoms with Gasteiger partial charge in [0.05, 0.1) is 11.4 Å². The Balaban J connectivity index is 1.73. The minimum atomic E-state index is 0.645. The number of anilines is 2. The van der Waals surface area contributed by atoms with E-state index in [1.807, 2.05) is 0 Å². The first-order valence-electron chi connectivity index (χ1n) is 8.78. The molecular weight excluding hydrogens is 296 g/mol. The SMILES string of the molecule is CN(C)CCCC1CN(c2ccccc2)NN(c2ccccc2)C1. The third-order valence-corrected chi connectivity index (χ3v) is 4.48. The Morgan fingerprint density at radius 3 is 1.83 bits per heavy atom. The Hall–Kier alpha value is -2.04. The first-order valence-corrected chi connectivity index (χ1v) is 8.78. The fourth-order valence-corrected chi connectivity index (χ4v) is 3.22. The van der Waals surface area contributed by atoms with Crippen molar-refractivity contribution in [3.05, 3.63) is 60.7 Å². The van der Waals surface area contributed by atoms with E-state index in [9.17, 15) is 0 Å². The number of para-hydroxylation sites is 2. The van der Waals surface area contributed by atoms with Gasteiger partial charge in [-0.1, -0.05) is 36.4 Å². The minimum Gasteiger partial charge on any atom is -0.309 e. The Morgan fingerprint density at radius 2 is 1.38 bits per heavy atom. The maximum absolute atomic E-state index is 3.57. The molecule has 1 N–H and O–H groups in total. The van der Waals surface area contributed by atoms with Gasteiger partial charge in [-0.15, -0.1) is 5.53 Å². The average molecular weight is 324 g/mol. The highest BCUT2D eigenvalue weighted by atomic mass is 15.8. The molecule has 0 spiro atoms. The Kier molecular flexibility index (Phi) is 5.72. The highest BCUT2D eigenvalue weighted by Gasteiger charge is 2.25. The lowest BCUT2D eigenvalue weighted by molar-refractivity contribution is 0.332. The van der Waals surface area contributed by atoms with Crippen LogP contribution in [0.5, 0.6) is 0 Å². The third kappa shape index (κ3) is 4.49. The van der Waals surface area contributed by atoms with Crippen LogP contribution in [-0.4, -0.2) is 38.6 Å². The van der Waals surface area contributed by atoms with Gasteiger partial charge >= 0.3 is 0 Å². The van der Waals surface area contributed by atoms with Gasteiger partial charge in [-0.25, -0.2) is 0 Å². The molecule has 0 saturated carbocycles. The van der Waals surface area contributed by atoms with Gasteiger partial charge in [0.25, 0.3) is 0 Å². The molecule has 1 heterocycles. The van der Waals surface area contributed by atoms with Crippen molar-refractivity contribution >= 4 is 11.4 Å². The summed E-state index contributed by atoms with van der Waals surface area (Å²) in [6.45, 7) is 3.24. The Bertz CT molecular complexity index is 552. The van der Waals surface area contributed by atoms with Gasteiger partial charge in [0, 0.05) is 13.1 Å². The molecule has 1 aliphatic heterocycles. The molecule has 1 fully saturated rings. The highest BCUT2D eigenvalue weighted by Crippen LogP contribution is 2.24. The standard InChI is InChI=1S/C20H28N4/c1-22(2)15-9-10-18-16-23(19-11-5-3-6-12-19)21-24(17-18)20-13-7-4-8-14-20/h3-8,11-14,18,21H,9-10,15-17H2,1-2H3. The van der Waals surface area contributed by atoms with E-state index < -0.39 is 0 Å². The second-order valence-corrected chi connectivity index (χ2v) is 6.80. The van der Waals surface area contributed by atoms with Crippen LogP contribution in [0.15, 0.2) is 60.7 Å². The zero-order chi connectivity index (χ0) is 16.8. The van der Waals surface area contributed by atoms with Gasteiger partial charge in [0.1, 0.15) is 0 Å². The lowest BCUT2D eigenvalue weighted by atomic mass is 10.0. The summed E-state index contributed by atoms with van der Waals surface area (Å²) >= 11 is 0. The molecule has 2 aromatic carbocycles. The molecular formula is C20H28N4. The molecule has 24 heavy (non-hydrogen) atoms. The zero-order valence-corrected chi connectivity index (χ0v) is 14.7. The van der Waals surface area contributed by atoms with Crippen LogP contribution >= 0.6 is 0 Å². The summed E-state index contributed by atoms with van der Waals surface area (Å²) in [7, 11) is 4.30. The first kappa shape index (κ1) is 16.8. The lowest BCUT2D eigenvalue weighted by Gasteiger charge is -2.43. The number of rotatable bonds is 6. The molecule has 0 unspecified atom stereocenters. The van der Waals surface area contributed by atoms with Gasteiger partial charge < -0.3 is 4.90 Å². The molecule has 1 aliphatic rings. The summed E-state index contributed by atoms with van der Waals surface area (Å²) in [4.78, 5) is 2.27. The molecule has 4 heteroatoms.